The molecular weight excluding hydrogens is 546 g/mol. The molecule has 3 aromatic rings. The Kier molecular flexibility index (Phi) is 7.91. The van der Waals surface area contributed by atoms with Gasteiger partial charge in [0.05, 0.1) is 29.3 Å². The molecule has 0 aliphatic heterocycles. The van der Waals surface area contributed by atoms with E-state index in [1.807, 2.05) is 0 Å². The summed E-state index contributed by atoms with van der Waals surface area (Å²) in [5.74, 6) is -0.575. The van der Waals surface area contributed by atoms with Crippen molar-refractivity contribution in [2.45, 2.75) is 76.5 Å². The van der Waals surface area contributed by atoms with Crippen molar-refractivity contribution in [3.8, 4) is 17.0 Å². The lowest BCUT2D eigenvalue weighted by Crippen LogP contribution is -2.51. The molecule has 0 bridgehead atoms. The van der Waals surface area contributed by atoms with E-state index in [2.05, 4.69) is 25.6 Å². The number of aromatic amines is 1. The monoisotopic (exact) mass is 577 g/mol. The zero-order chi connectivity index (χ0) is 29.5. The highest BCUT2D eigenvalue weighted by Gasteiger charge is 2.35. The molecule has 2 aromatic heterocycles. The van der Waals surface area contributed by atoms with Crippen LogP contribution in [0.15, 0.2) is 24.5 Å². The van der Waals surface area contributed by atoms with Gasteiger partial charge in [-0.1, -0.05) is 0 Å². The molecule has 13 heteroatoms. The number of halogens is 4. The molecule has 5 rings (SSSR count). The lowest BCUT2D eigenvalue weighted by atomic mass is 9.89. The molecule has 0 unspecified atom stereocenters. The summed E-state index contributed by atoms with van der Waals surface area (Å²) in [6.07, 6.45) is -3.44. The predicted octanol–water partition coefficient (Wildman–Crippen LogP) is 4.23. The molecule has 0 saturated heterocycles. The van der Waals surface area contributed by atoms with Crippen LogP contribution in [0, 0.1) is 12.8 Å². The van der Waals surface area contributed by atoms with Crippen molar-refractivity contribution in [3.63, 3.8) is 0 Å². The summed E-state index contributed by atoms with van der Waals surface area (Å²) >= 11 is 0. The second-order valence-electron chi connectivity index (χ2n) is 10.8. The topological polar surface area (TPSA) is 129 Å². The number of hydrogen-bond donors (Lipinski definition) is 4. The SMILES string of the molecule is Cc1[nH]c2c(-c3cc(C(F)(F)F)ccc3OCC3CC3)ncnc2c1C(=O)N[C@H]1CC[C@H](NC(=O)[C@H](C)O)C[C@H]1F. The number of aliphatic hydroxyl groups is 1. The Bertz CT molecular complexity index is 1450. The van der Waals surface area contributed by atoms with Crippen molar-refractivity contribution in [3.05, 3.63) is 41.3 Å². The van der Waals surface area contributed by atoms with Crippen LogP contribution in [0.4, 0.5) is 17.6 Å². The minimum atomic E-state index is -4.59. The van der Waals surface area contributed by atoms with E-state index in [1.165, 1.54) is 19.3 Å². The van der Waals surface area contributed by atoms with Gasteiger partial charge >= 0.3 is 6.18 Å². The highest BCUT2D eigenvalue weighted by atomic mass is 19.4. The molecule has 2 fully saturated rings. The number of carbonyl (C=O) groups excluding carboxylic acids is 2. The third-order valence-corrected chi connectivity index (χ3v) is 7.55. The van der Waals surface area contributed by atoms with Crippen molar-refractivity contribution in [1.82, 2.24) is 25.6 Å². The average Bonchev–Trinajstić information content (AvgIpc) is 3.67. The number of alkyl halides is 4. The molecule has 4 atom stereocenters. The van der Waals surface area contributed by atoms with Crippen molar-refractivity contribution in [2.24, 2.45) is 5.92 Å². The van der Waals surface area contributed by atoms with Gasteiger partial charge in [-0.05, 0) is 63.6 Å². The van der Waals surface area contributed by atoms with Crippen LogP contribution < -0.4 is 15.4 Å². The van der Waals surface area contributed by atoms with Crippen LogP contribution >= 0.6 is 0 Å². The molecular formula is C28H31F4N5O4. The third-order valence-electron chi connectivity index (χ3n) is 7.55. The van der Waals surface area contributed by atoms with Crippen LogP contribution in [0.25, 0.3) is 22.3 Å². The Balaban J connectivity index is 1.41. The number of carbonyl (C=O) groups is 2. The van der Waals surface area contributed by atoms with Crippen LogP contribution in [0.3, 0.4) is 0 Å². The first-order valence-corrected chi connectivity index (χ1v) is 13.5. The summed E-state index contributed by atoms with van der Waals surface area (Å²) in [7, 11) is 0. The molecule has 2 amide bonds. The summed E-state index contributed by atoms with van der Waals surface area (Å²) in [4.78, 5) is 36.6. The summed E-state index contributed by atoms with van der Waals surface area (Å²) in [5.41, 5.74) is 0.353. The van der Waals surface area contributed by atoms with Crippen LogP contribution in [0.5, 0.6) is 5.75 Å². The Morgan fingerprint density at radius 2 is 1.93 bits per heavy atom. The van der Waals surface area contributed by atoms with Crippen molar-refractivity contribution in [2.75, 3.05) is 6.61 Å². The first-order valence-electron chi connectivity index (χ1n) is 13.5. The fraction of sp³-hybridized carbons (Fsp3) is 0.500. The van der Waals surface area contributed by atoms with E-state index in [-0.39, 0.29) is 46.4 Å². The number of rotatable bonds is 8. The number of aromatic nitrogens is 3. The first kappa shape index (κ1) is 28.8. The zero-order valence-corrected chi connectivity index (χ0v) is 22.5. The molecule has 220 valence electrons. The van der Waals surface area contributed by atoms with Gasteiger partial charge in [-0.2, -0.15) is 13.2 Å². The maximum Gasteiger partial charge on any atom is 0.416 e. The number of ether oxygens (including phenoxy) is 1. The van der Waals surface area contributed by atoms with Crippen LogP contribution in [-0.4, -0.2) is 62.8 Å². The Morgan fingerprint density at radius 1 is 1.17 bits per heavy atom. The predicted molar refractivity (Wildman–Crippen MR) is 141 cm³/mol. The average molecular weight is 578 g/mol. The Morgan fingerprint density at radius 3 is 2.59 bits per heavy atom. The lowest BCUT2D eigenvalue weighted by Gasteiger charge is -2.32. The molecule has 41 heavy (non-hydrogen) atoms. The van der Waals surface area contributed by atoms with Crippen LogP contribution in [0.1, 0.15) is 60.6 Å². The van der Waals surface area contributed by atoms with E-state index in [4.69, 9.17) is 4.74 Å². The normalized spacial score (nSPS) is 21.9. The molecule has 2 saturated carbocycles. The Labute approximate surface area is 233 Å². The maximum atomic E-state index is 15.0. The van der Waals surface area contributed by atoms with Gasteiger partial charge < -0.3 is 25.5 Å². The smallest absolute Gasteiger partial charge is 0.416 e. The van der Waals surface area contributed by atoms with E-state index >= 15 is 0 Å². The summed E-state index contributed by atoms with van der Waals surface area (Å²) in [6, 6.07) is 1.93. The number of H-pyrrole nitrogens is 1. The van der Waals surface area contributed by atoms with Crippen LogP contribution in [0.2, 0.25) is 0 Å². The molecule has 9 nitrogen and oxygen atoms in total. The fourth-order valence-electron chi connectivity index (χ4n) is 5.08. The maximum absolute atomic E-state index is 15.0. The van der Waals surface area contributed by atoms with Gasteiger partial charge in [0.15, 0.2) is 0 Å². The number of hydrogen-bond acceptors (Lipinski definition) is 6. The van der Waals surface area contributed by atoms with Gasteiger partial charge in [-0.15, -0.1) is 0 Å². The van der Waals surface area contributed by atoms with Crippen LogP contribution in [-0.2, 0) is 11.0 Å². The molecule has 4 N–H and O–H groups in total. The third kappa shape index (κ3) is 6.29. The molecule has 2 aliphatic carbocycles. The van der Waals surface area contributed by atoms with Gasteiger partial charge in [0.2, 0.25) is 5.91 Å². The summed E-state index contributed by atoms with van der Waals surface area (Å²) < 4.78 is 61.7. The van der Waals surface area contributed by atoms with Gasteiger partial charge in [-0.25, -0.2) is 14.4 Å². The largest absolute Gasteiger partial charge is 0.493 e. The number of nitrogens with one attached hydrogen (secondary N) is 3. The number of amides is 2. The van der Waals surface area contributed by atoms with Gasteiger partial charge in [0.1, 0.15) is 35.6 Å². The van der Waals surface area contributed by atoms with E-state index < -0.39 is 47.9 Å². The highest BCUT2D eigenvalue weighted by molar-refractivity contribution is 6.09. The summed E-state index contributed by atoms with van der Waals surface area (Å²) in [5, 5.41) is 14.7. The van der Waals surface area contributed by atoms with Crippen molar-refractivity contribution < 1.29 is 37.0 Å². The standard InChI is InChI=1S/C28H31F4N5O4/c1-13-22(27(40)37-20-7-6-17(10-19(20)29)36-26(39)14(2)38)24-25(35-13)23(33-12-34-24)18-9-16(28(30,31)32)5-8-21(18)41-11-15-3-4-15/h5,8-9,12,14-15,17,19-20,35,38H,3-4,6-7,10-11H2,1-2H3,(H,36,39)(H,37,40)/t14-,17-,19+,20-/m0/s1. The second kappa shape index (κ2) is 11.3. The zero-order valence-electron chi connectivity index (χ0n) is 22.5. The van der Waals surface area contributed by atoms with E-state index in [9.17, 15) is 32.3 Å². The first-order chi connectivity index (χ1) is 19.4. The van der Waals surface area contributed by atoms with Gasteiger partial charge in [-0.3, -0.25) is 9.59 Å². The molecule has 2 aliphatic rings. The van der Waals surface area contributed by atoms with Crippen molar-refractivity contribution in [1.29, 1.82) is 0 Å². The molecule has 2 heterocycles. The molecule has 0 spiro atoms. The van der Waals surface area contributed by atoms with Crippen molar-refractivity contribution >= 4 is 22.8 Å². The summed E-state index contributed by atoms with van der Waals surface area (Å²) in [6.45, 7) is 3.31. The molecule has 0 radical (unpaired) electrons. The number of nitrogens with zero attached hydrogens (tertiary/aromatic N) is 2. The van der Waals surface area contributed by atoms with Gasteiger partial charge in [0, 0.05) is 23.7 Å². The number of aliphatic hydroxyl groups excluding tert-OH is 1. The highest BCUT2D eigenvalue weighted by Crippen LogP contribution is 2.40. The number of fused-ring (bicyclic) bond motifs is 1. The molecule has 1 aromatic carbocycles. The quantitative estimate of drug-likeness (QED) is 0.297. The van der Waals surface area contributed by atoms with E-state index in [0.717, 1.165) is 25.0 Å². The lowest BCUT2D eigenvalue weighted by molar-refractivity contribution is -0.137. The minimum Gasteiger partial charge on any atom is -0.493 e. The fourth-order valence-corrected chi connectivity index (χ4v) is 5.08. The minimum absolute atomic E-state index is 0.0260. The second-order valence-corrected chi connectivity index (χ2v) is 10.8. The number of benzene rings is 1. The van der Waals surface area contributed by atoms with Gasteiger partial charge in [0.25, 0.3) is 5.91 Å². The number of aryl methyl sites for hydroxylation is 1. The van der Waals surface area contributed by atoms with E-state index in [0.29, 0.717) is 24.6 Å². The van der Waals surface area contributed by atoms with E-state index in [1.54, 1.807) is 6.92 Å². The Hall–Kier alpha value is -3.74.